The quantitative estimate of drug-likeness (QED) is 0.815. The van der Waals surface area contributed by atoms with E-state index in [0.29, 0.717) is 5.69 Å². The standard InChI is InChI=1S/C12H12ClN3O2S/c1-9-3-5-10(6-4-9)16(2)19(17,18)11-7-14-12(13)15-8-11/h3-8H,1-2H3. The van der Waals surface area contributed by atoms with Crippen LogP contribution in [0.25, 0.3) is 0 Å². The molecule has 100 valence electrons. The van der Waals surface area contributed by atoms with Crippen LogP contribution in [0.15, 0.2) is 41.6 Å². The molecule has 7 heteroatoms. The van der Waals surface area contributed by atoms with E-state index in [1.54, 1.807) is 12.1 Å². The Morgan fingerprint density at radius 2 is 1.63 bits per heavy atom. The third kappa shape index (κ3) is 2.85. The second-order valence-corrected chi connectivity index (χ2v) is 6.30. The normalized spacial score (nSPS) is 11.3. The summed E-state index contributed by atoms with van der Waals surface area (Å²) in [6.45, 7) is 1.94. The van der Waals surface area contributed by atoms with Crippen LogP contribution in [-0.2, 0) is 10.0 Å². The number of hydrogen-bond donors (Lipinski definition) is 0. The van der Waals surface area contributed by atoms with Gasteiger partial charge >= 0.3 is 0 Å². The van der Waals surface area contributed by atoms with Gasteiger partial charge in [-0.05, 0) is 30.7 Å². The van der Waals surface area contributed by atoms with Crippen LogP contribution >= 0.6 is 11.6 Å². The molecule has 1 heterocycles. The molecule has 0 unspecified atom stereocenters. The largest absolute Gasteiger partial charge is 0.269 e. The molecule has 0 aliphatic heterocycles. The van der Waals surface area contributed by atoms with Crippen LogP contribution in [0.2, 0.25) is 5.28 Å². The Labute approximate surface area is 116 Å². The first-order valence-electron chi connectivity index (χ1n) is 5.44. The number of nitrogens with zero attached hydrogens (tertiary/aromatic N) is 3. The predicted octanol–water partition coefficient (Wildman–Crippen LogP) is 2.26. The van der Waals surface area contributed by atoms with Crippen molar-refractivity contribution >= 4 is 27.3 Å². The summed E-state index contributed by atoms with van der Waals surface area (Å²) in [7, 11) is -2.19. The molecule has 0 aliphatic rings. The molecule has 0 saturated heterocycles. The molecule has 0 bridgehead atoms. The third-order valence-electron chi connectivity index (χ3n) is 2.65. The highest BCUT2D eigenvalue weighted by molar-refractivity contribution is 7.92. The van der Waals surface area contributed by atoms with E-state index in [1.165, 1.54) is 23.7 Å². The van der Waals surface area contributed by atoms with Crippen LogP contribution in [0.3, 0.4) is 0 Å². The maximum Gasteiger partial charge on any atom is 0.267 e. The lowest BCUT2D eigenvalue weighted by atomic mass is 10.2. The summed E-state index contributed by atoms with van der Waals surface area (Å²) in [6, 6.07) is 7.17. The van der Waals surface area contributed by atoms with Crippen molar-refractivity contribution in [3.8, 4) is 0 Å². The zero-order valence-electron chi connectivity index (χ0n) is 10.4. The Kier molecular flexibility index (Phi) is 3.73. The molecule has 19 heavy (non-hydrogen) atoms. The number of aromatic nitrogens is 2. The van der Waals surface area contributed by atoms with Crippen LogP contribution in [-0.4, -0.2) is 25.4 Å². The molecule has 0 N–H and O–H groups in total. The molecule has 2 aromatic rings. The average Bonchev–Trinajstić information content (AvgIpc) is 2.39. The molecule has 0 spiro atoms. The summed E-state index contributed by atoms with van der Waals surface area (Å²) >= 11 is 5.55. The smallest absolute Gasteiger partial charge is 0.267 e. The molecule has 1 aromatic heterocycles. The van der Waals surface area contributed by atoms with Crippen LogP contribution in [0, 0.1) is 6.92 Å². The van der Waals surface area contributed by atoms with Crippen molar-refractivity contribution in [1.29, 1.82) is 0 Å². The van der Waals surface area contributed by atoms with Crippen molar-refractivity contribution in [2.45, 2.75) is 11.8 Å². The van der Waals surface area contributed by atoms with Gasteiger partial charge in [0, 0.05) is 7.05 Å². The van der Waals surface area contributed by atoms with Crippen LogP contribution < -0.4 is 4.31 Å². The minimum absolute atomic E-state index is 0.0000231. The Morgan fingerprint density at radius 3 is 2.16 bits per heavy atom. The maximum atomic E-state index is 12.3. The molecule has 0 radical (unpaired) electrons. The van der Waals surface area contributed by atoms with Crippen molar-refractivity contribution in [3.63, 3.8) is 0 Å². The van der Waals surface area contributed by atoms with E-state index >= 15 is 0 Å². The Bertz CT molecular complexity index is 669. The fraction of sp³-hybridized carbons (Fsp3) is 0.167. The molecule has 2 rings (SSSR count). The van der Waals surface area contributed by atoms with Gasteiger partial charge in [-0.2, -0.15) is 0 Å². The van der Waals surface area contributed by atoms with Crippen molar-refractivity contribution in [2.75, 3.05) is 11.4 Å². The maximum absolute atomic E-state index is 12.3. The van der Waals surface area contributed by atoms with Gasteiger partial charge in [0.25, 0.3) is 10.0 Å². The zero-order valence-corrected chi connectivity index (χ0v) is 12.0. The summed E-state index contributed by atoms with van der Waals surface area (Å²) in [5.74, 6) is 0. The van der Waals surface area contributed by atoms with Gasteiger partial charge in [0.05, 0.1) is 18.1 Å². The van der Waals surface area contributed by atoms with Crippen LogP contribution in [0.5, 0.6) is 0 Å². The van der Waals surface area contributed by atoms with E-state index in [9.17, 15) is 8.42 Å². The Morgan fingerprint density at radius 1 is 1.11 bits per heavy atom. The van der Waals surface area contributed by atoms with Gasteiger partial charge < -0.3 is 0 Å². The predicted molar refractivity (Wildman–Crippen MR) is 73.8 cm³/mol. The third-order valence-corrected chi connectivity index (χ3v) is 4.59. The van der Waals surface area contributed by atoms with E-state index < -0.39 is 10.0 Å². The van der Waals surface area contributed by atoms with Crippen molar-refractivity contribution in [3.05, 3.63) is 47.5 Å². The van der Waals surface area contributed by atoms with Gasteiger partial charge in [0.15, 0.2) is 0 Å². The lowest BCUT2D eigenvalue weighted by Crippen LogP contribution is -2.26. The molecule has 0 saturated carbocycles. The highest BCUT2D eigenvalue weighted by atomic mass is 35.5. The van der Waals surface area contributed by atoms with E-state index in [2.05, 4.69) is 9.97 Å². The van der Waals surface area contributed by atoms with Crippen molar-refractivity contribution in [1.82, 2.24) is 9.97 Å². The van der Waals surface area contributed by atoms with Crippen LogP contribution in [0.4, 0.5) is 5.69 Å². The number of sulfonamides is 1. The minimum Gasteiger partial charge on any atom is -0.269 e. The summed E-state index contributed by atoms with van der Waals surface area (Å²) in [5.41, 5.74) is 1.63. The van der Waals surface area contributed by atoms with E-state index in [0.717, 1.165) is 5.56 Å². The summed E-state index contributed by atoms with van der Waals surface area (Å²) in [6.07, 6.45) is 2.38. The van der Waals surface area contributed by atoms with E-state index in [4.69, 9.17) is 11.6 Å². The second-order valence-electron chi connectivity index (χ2n) is 4.00. The lowest BCUT2D eigenvalue weighted by Gasteiger charge is -2.19. The highest BCUT2D eigenvalue weighted by Crippen LogP contribution is 2.21. The van der Waals surface area contributed by atoms with Crippen molar-refractivity contribution < 1.29 is 8.42 Å². The first-order chi connectivity index (χ1) is 8.91. The van der Waals surface area contributed by atoms with E-state index in [1.807, 2.05) is 19.1 Å². The van der Waals surface area contributed by atoms with Gasteiger partial charge in [-0.25, -0.2) is 18.4 Å². The molecular weight excluding hydrogens is 286 g/mol. The molecule has 1 aromatic carbocycles. The molecule has 5 nitrogen and oxygen atoms in total. The second kappa shape index (κ2) is 5.14. The van der Waals surface area contributed by atoms with E-state index in [-0.39, 0.29) is 10.2 Å². The van der Waals surface area contributed by atoms with Crippen LogP contribution in [0.1, 0.15) is 5.56 Å². The molecule has 0 amide bonds. The number of hydrogen-bond acceptors (Lipinski definition) is 4. The lowest BCUT2D eigenvalue weighted by molar-refractivity contribution is 0.593. The molecule has 0 aliphatic carbocycles. The van der Waals surface area contributed by atoms with Gasteiger partial charge in [-0.1, -0.05) is 17.7 Å². The van der Waals surface area contributed by atoms with Gasteiger partial charge in [-0.3, -0.25) is 4.31 Å². The first kappa shape index (κ1) is 13.8. The number of halogens is 1. The zero-order chi connectivity index (χ0) is 14.0. The monoisotopic (exact) mass is 297 g/mol. The average molecular weight is 298 g/mol. The van der Waals surface area contributed by atoms with Gasteiger partial charge in [0.2, 0.25) is 5.28 Å². The first-order valence-corrected chi connectivity index (χ1v) is 7.26. The minimum atomic E-state index is -3.67. The molecule has 0 atom stereocenters. The fourth-order valence-electron chi connectivity index (χ4n) is 1.49. The Hall–Kier alpha value is -1.66. The summed E-state index contributed by atoms with van der Waals surface area (Å²) in [5, 5.41) is 0.0111. The fourth-order valence-corrected chi connectivity index (χ4v) is 2.67. The number of benzene rings is 1. The molecule has 0 fully saturated rings. The Balaban J connectivity index is 2.39. The summed E-state index contributed by atoms with van der Waals surface area (Å²) < 4.78 is 25.8. The number of rotatable bonds is 3. The highest BCUT2D eigenvalue weighted by Gasteiger charge is 2.22. The molecular formula is C12H12ClN3O2S. The topological polar surface area (TPSA) is 63.2 Å². The summed E-state index contributed by atoms with van der Waals surface area (Å²) in [4.78, 5) is 7.37. The van der Waals surface area contributed by atoms with Gasteiger partial charge in [0.1, 0.15) is 4.90 Å². The van der Waals surface area contributed by atoms with Gasteiger partial charge in [-0.15, -0.1) is 0 Å². The number of aryl methyl sites for hydroxylation is 1. The van der Waals surface area contributed by atoms with Crippen molar-refractivity contribution in [2.24, 2.45) is 0 Å². The number of anilines is 1. The SMILES string of the molecule is Cc1ccc(N(C)S(=O)(=O)c2cnc(Cl)nc2)cc1.